The first-order valence-electron chi connectivity index (χ1n) is 9.37. The molecule has 0 fully saturated rings. The number of benzene rings is 3. The van der Waals surface area contributed by atoms with E-state index in [1.165, 1.54) is 0 Å². The molecular weight excluding hydrogens is 396 g/mol. The number of thiocarbonyl (C=S) groups is 2. The second-order valence-corrected chi connectivity index (χ2v) is 7.33. The fourth-order valence-corrected chi connectivity index (χ4v) is 3.36. The monoisotopic (exact) mass is 420 g/mol. The van der Waals surface area contributed by atoms with Gasteiger partial charge in [0, 0.05) is 25.0 Å². The lowest BCUT2D eigenvalue weighted by molar-refractivity contribution is 0.377. The average Bonchev–Trinajstić information content (AvgIpc) is 2.76. The first-order valence-corrected chi connectivity index (χ1v) is 10.2. The molecule has 0 saturated heterocycles. The van der Waals surface area contributed by atoms with E-state index in [2.05, 4.69) is 33.0 Å². The van der Waals surface area contributed by atoms with E-state index in [0.29, 0.717) is 16.8 Å². The molecule has 0 aromatic heterocycles. The van der Waals surface area contributed by atoms with Crippen LogP contribution in [0.15, 0.2) is 91.0 Å². The molecule has 0 aliphatic carbocycles. The van der Waals surface area contributed by atoms with Gasteiger partial charge in [-0.25, -0.2) is 0 Å². The average molecular weight is 421 g/mol. The van der Waals surface area contributed by atoms with Gasteiger partial charge in [0.15, 0.2) is 10.2 Å². The summed E-state index contributed by atoms with van der Waals surface area (Å²) >= 11 is 11.1. The number of nitrogens with one attached hydrogen (secondary N) is 3. The highest BCUT2D eigenvalue weighted by atomic mass is 32.1. The molecule has 0 aliphatic heterocycles. The van der Waals surface area contributed by atoms with Gasteiger partial charge < -0.3 is 20.9 Å². The highest BCUT2D eigenvalue weighted by Gasteiger charge is 2.20. The predicted octanol–water partition coefficient (Wildman–Crippen LogP) is 5.04. The highest BCUT2D eigenvalue weighted by molar-refractivity contribution is 7.80. The Morgan fingerprint density at radius 3 is 1.79 bits per heavy atom. The van der Waals surface area contributed by atoms with Crippen molar-refractivity contribution in [3.05, 3.63) is 96.6 Å². The van der Waals surface area contributed by atoms with Gasteiger partial charge >= 0.3 is 0 Å². The van der Waals surface area contributed by atoms with Crippen molar-refractivity contribution in [2.45, 2.75) is 6.04 Å². The van der Waals surface area contributed by atoms with Gasteiger partial charge in [0.05, 0.1) is 6.04 Å². The van der Waals surface area contributed by atoms with Crippen molar-refractivity contribution >= 4 is 46.0 Å². The maximum Gasteiger partial charge on any atom is 0.173 e. The number of hydrogen-bond donors (Lipinski definition) is 3. The molecule has 0 aliphatic rings. The Morgan fingerprint density at radius 2 is 1.24 bits per heavy atom. The summed E-state index contributed by atoms with van der Waals surface area (Å²) in [4.78, 5) is 2.05. The maximum atomic E-state index is 5.66. The van der Waals surface area contributed by atoms with E-state index in [-0.39, 0.29) is 6.04 Å². The number of rotatable bonds is 6. The van der Waals surface area contributed by atoms with E-state index >= 15 is 0 Å². The van der Waals surface area contributed by atoms with E-state index in [1.807, 2.05) is 85.9 Å². The van der Waals surface area contributed by atoms with Crippen LogP contribution in [-0.4, -0.2) is 28.7 Å². The quantitative estimate of drug-likeness (QED) is 0.485. The van der Waals surface area contributed by atoms with E-state index in [1.54, 1.807) is 0 Å². The Morgan fingerprint density at radius 1 is 0.759 bits per heavy atom. The zero-order valence-corrected chi connectivity index (χ0v) is 17.8. The highest BCUT2D eigenvalue weighted by Crippen LogP contribution is 2.20. The first kappa shape index (κ1) is 20.8. The summed E-state index contributed by atoms with van der Waals surface area (Å²) in [5.41, 5.74) is 3.07. The zero-order chi connectivity index (χ0) is 20.5. The number of nitrogens with zero attached hydrogens (tertiary/aromatic N) is 1. The molecule has 0 heterocycles. The molecule has 4 nitrogen and oxygen atoms in total. The Labute approximate surface area is 182 Å². The third kappa shape index (κ3) is 6.27. The number of para-hydroxylation sites is 2. The van der Waals surface area contributed by atoms with Gasteiger partial charge in [0.2, 0.25) is 0 Å². The van der Waals surface area contributed by atoms with Crippen LogP contribution in [0.1, 0.15) is 11.6 Å². The summed E-state index contributed by atoms with van der Waals surface area (Å²) < 4.78 is 0. The van der Waals surface area contributed by atoms with E-state index in [9.17, 15) is 0 Å². The van der Waals surface area contributed by atoms with Crippen molar-refractivity contribution in [1.82, 2.24) is 10.2 Å². The fraction of sp³-hybridized carbons (Fsp3) is 0.130. The minimum atomic E-state index is 0.00966. The van der Waals surface area contributed by atoms with Crippen LogP contribution in [-0.2, 0) is 0 Å². The molecule has 3 N–H and O–H groups in total. The molecule has 3 aromatic carbocycles. The molecule has 0 amide bonds. The molecule has 0 radical (unpaired) electrons. The summed E-state index contributed by atoms with van der Waals surface area (Å²) in [6.45, 7) is 0.607. The minimum absolute atomic E-state index is 0.00966. The summed E-state index contributed by atoms with van der Waals surface area (Å²) in [6.07, 6.45) is 0. The van der Waals surface area contributed by atoms with Gasteiger partial charge in [-0.1, -0.05) is 66.7 Å². The Balaban J connectivity index is 1.67. The van der Waals surface area contributed by atoms with Crippen LogP contribution in [0.3, 0.4) is 0 Å². The number of hydrogen-bond acceptors (Lipinski definition) is 2. The largest absolute Gasteiger partial charge is 0.360 e. The topological polar surface area (TPSA) is 39.3 Å². The van der Waals surface area contributed by atoms with Gasteiger partial charge in [0.1, 0.15) is 0 Å². The Bertz CT molecular complexity index is 917. The van der Waals surface area contributed by atoms with E-state index in [4.69, 9.17) is 24.4 Å². The van der Waals surface area contributed by atoms with E-state index < -0.39 is 0 Å². The SMILES string of the molecule is CN(C(=S)Nc1ccccc1)[C@@H](CNC(=S)Nc1ccccc1)c1ccccc1. The Hall–Kier alpha value is -2.96. The van der Waals surface area contributed by atoms with Crippen LogP contribution in [0.4, 0.5) is 11.4 Å². The number of anilines is 2. The van der Waals surface area contributed by atoms with Crippen LogP contribution in [0.5, 0.6) is 0 Å². The van der Waals surface area contributed by atoms with Crippen LogP contribution in [0.25, 0.3) is 0 Å². The predicted molar refractivity (Wildman–Crippen MR) is 130 cm³/mol. The summed E-state index contributed by atoms with van der Waals surface area (Å²) in [6, 6.07) is 30.1. The van der Waals surface area contributed by atoms with Crippen LogP contribution < -0.4 is 16.0 Å². The summed E-state index contributed by atoms with van der Waals surface area (Å²) in [5.74, 6) is 0. The second-order valence-electron chi connectivity index (χ2n) is 6.53. The van der Waals surface area contributed by atoms with Crippen LogP contribution in [0, 0.1) is 0 Å². The maximum absolute atomic E-state index is 5.66. The molecule has 0 saturated carbocycles. The molecule has 1 atom stereocenters. The molecule has 148 valence electrons. The summed E-state index contributed by atoms with van der Waals surface area (Å²) in [5, 5.41) is 11.1. The molecule has 29 heavy (non-hydrogen) atoms. The molecular formula is C23H24N4S2. The lowest BCUT2D eigenvalue weighted by Gasteiger charge is -2.31. The molecule has 3 rings (SSSR count). The molecule has 0 spiro atoms. The smallest absolute Gasteiger partial charge is 0.173 e. The van der Waals surface area contributed by atoms with Crippen molar-refractivity contribution in [3.8, 4) is 0 Å². The first-order chi connectivity index (χ1) is 14.1. The third-order valence-corrected chi connectivity index (χ3v) is 5.12. The lowest BCUT2D eigenvalue weighted by atomic mass is 10.1. The van der Waals surface area contributed by atoms with Crippen LogP contribution in [0.2, 0.25) is 0 Å². The third-order valence-electron chi connectivity index (χ3n) is 4.48. The van der Waals surface area contributed by atoms with Gasteiger partial charge in [0.25, 0.3) is 0 Å². The van der Waals surface area contributed by atoms with Crippen LogP contribution >= 0.6 is 24.4 Å². The second kappa shape index (κ2) is 10.5. The normalized spacial score (nSPS) is 11.2. The van der Waals surface area contributed by atoms with Gasteiger partial charge in [-0.2, -0.15) is 0 Å². The summed E-state index contributed by atoms with van der Waals surface area (Å²) in [7, 11) is 1.99. The lowest BCUT2D eigenvalue weighted by Crippen LogP contribution is -2.42. The number of likely N-dealkylation sites (N-methyl/N-ethyl adjacent to an activating group) is 1. The van der Waals surface area contributed by atoms with Crippen molar-refractivity contribution in [2.75, 3.05) is 24.2 Å². The van der Waals surface area contributed by atoms with E-state index in [0.717, 1.165) is 16.9 Å². The van der Waals surface area contributed by atoms with Crippen molar-refractivity contribution in [3.63, 3.8) is 0 Å². The van der Waals surface area contributed by atoms with Gasteiger partial charge in [-0.3, -0.25) is 0 Å². The van der Waals surface area contributed by atoms with Crippen molar-refractivity contribution in [1.29, 1.82) is 0 Å². The van der Waals surface area contributed by atoms with Gasteiger partial charge in [-0.05, 0) is 54.3 Å². The molecule has 3 aromatic rings. The molecule has 0 unspecified atom stereocenters. The minimum Gasteiger partial charge on any atom is -0.360 e. The fourth-order valence-electron chi connectivity index (χ4n) is 2.91. The van der Waals surface area contributed by atoms with Crippen molar-refractivity contribution < 1.29 is 0 Å². The van der Waals surface area contributed by atoms with Crippen molar-refractivity contribution in [2.24, 2.45) is 0 Å². The molecule has 6 heteroatoms. The zero-order valence-electron chi connectivity index (χ0n) is 16.2. The Kier molecular flexibility index (Phi) is 7.55. The molecule has 0 bridgehead atoms. The van der Waals surface area contributed by atoms with Gasteiger partial charge in [-0.15, -0.1) is 0 Å². The standard InChI is InChI=1S/C23H24N4S2/c1-27(23(29)26-20-15-9-4-10-16-20)21(18-11-5-2-6-12-18)17-24-22(28)25-19-13-7-3-8-14-19/h2-16,21H,17H2,1H3,(H,26,29)(H2,24,25,28)/t21-/m0/s1.